The third kappa shape index (κ3) is 5.56. The van der Waals surface area contributed by atoms with E-state index in [0.29, 0.717) is 22.3 Å². The van der Waals surface area contributed by atoms with Crippen LogP contribution in [0.2, 0.25) is 0 Å². The number of carbonyl (C=O) groups excluding carboxylic acids is 3. The molecule has 0 radical (unpaired) electrons. The van der Waals surface area contributed by atoms with E-state index in [1.807, 2.05) is 0 Å². The molecule has 9 heteroatoms. The fraction of sp³-hybridized carbons (Fsp3) is 0.400. The Kier molecular flexibility index (Phi) is 6.98. The van der Waals surface area contributed by atoms with Crippen molar-refractivity contribution in [2.24, 2.45) is 11.7 Å². The Morgan fingerprint density at radius 3 is 2.41 bits per heavy atom. The van der Waals surface area contributed by atoms with E-state index in [0.717, 1.165) is 0 Å². The van der Waals surface area contributed by atoms with Crippen molar-refractivity contribution in [2.75, 3.05) is 7.11 Å². The van der Waals surface area contributed by atoms with Crippen LogP contribution in [-0.4, -0.2) is 36.9 Å². The molecule has 1 heterocycles. The molecule has 4 N–H and O–H groups in total. The van der Waals surface area contributed by atoms with Gasteiger partial charge >= 0.3 is 5.63 Å². The Morgan fingerprint density at radius 2 is 1.86 bits per heavy atom. The molecule has 0 fully saturated rings. The minimum Gasteiger partial charge on any atom is -0.497 e. The second kappa shape index (κ2) is 9.22. The molecule has 2 rings (SSSR count). The lowest BCUT2D eigenvalue weighted by atomic mass is 9.99. The van der Waals surface area contributed by atoms with Gasteiger partial charge in [-0.15, -0.1) is 0 Å². The van der Waals surface area contributed by atoms with Crippen LogP contribution in [0.1, 0.15) is 26.3 Å². The average Bonchev–Trinajstić information content (AvgIpc) is 2.64. The molecule has 0 spiro atoms. The van der Waals surface area contributed by atoms with Gasteiger partial charge in [-0.2, -0.15) is 0 Å². The van der Waals surface area contributed by atoms with E-state index in [9.17, 15) is 19.2 Å². The van der Waals surface area contributed by atoms with Crippen molar-refractivity contribution >= 4 is 28.7 Å². The van der Waals surface area contributed by atoms with Gasteiger partial charge in [-0.25, -0.2) is 4.79 Å². The highest BCUT2D eigenvalue weighted by Crippen LogP contribution is 2.23. The van der Waals surface area contributed by atoms with Crippen LogP contribution < -0.4 is 26.7 Å². The van der Waals surface area contributed by atoms with E-state index in [2.05, 4.69) is 10.6 Å². The summed E-state index contributed by atoms with van der Waals surface area (Å²) < 4.78 is 10.3. The largest absolute Gasteiger partial charge is 0.497 e. The smallest absolute Gasteiger partial charge is 0.336 e. The van der Waals surface area contributed by atoms with Crippen LogP contribution in [0.25, 0.3) is 11.0 Å². The van der Waals surface area contributed by atoms with E-state index < -0.39 is 29.5 Å². The van der Waals surface area contributed by atoms with Crippen molar-refractivity contribution in [1.82, 2.24) is 10.6 Å². The number of primary amides is 1. The van der Waals surface area contributed by atoms with Gasteiger partial charge < -0.3 is 25.5 Å². The molecule has 3 amide bonds. The summed E-state index contributed by atoms with van der Waals surface area (Å²) in [5.41, 5.74) is 5.65. The predicted molar refractivity (Wildman–Crippen MR) is 106 cm³/mol. The maximum absolute atomic E-state index is 12.6. The van der Waals surface area contributed by atoms with Crippen LogP contribution in [0.15, 0.2) is 33.5 Å². The number of benzene rings is 1. The molecule has 0 aliphatic rings. The van der Waals surface area contributed by atoms with Gasteiger partial charge in [0.2, 0.25) is 17.7 Å². The van der Waals surface area contributed by atoms with Crippen LogP contribution >= 0.6 is 0 Å². The summed E-state index contributed by atoms with van der Waals surface area (Å²) in [5.74, 6) is -1.36. The van der Waals surface area contributed by atoms with Crippen molar-refractivity contribution in [2.45, 2.75) is 39.3 Å². The minimum absolute atomic E-state index is 0.0135. The molecule has 2 atom stereocenters. The monoisotopic (exact) mass is 403 g/mol. The maximum Gasteiger partial charge on any atom is 0.336 e. The van der Waals surface area contributed by atoms with Crippen LogP contribution in [-0.2, 0) is 20.8 Å². The number of amides is 3. The number of rotatable bonds is 8. The fourth-order valence-electron chi connectivity index (χ4n) is 2.96. The molecule has 1 aromatic carbocycles. The standard InChI is InChI=1S/C20H25N3O6/c1-10(2)18(22-11(3)24)20(27)23-15(19(21)26)7-12-8-17(25)29-16-9-13(28-4)5-6-14(12)16/h5-6,8-10,15,18H,7H2,1-4H3,(H2,21,26)(H,22,24)(H,23,27)/t15-,18+/m0/s1. The van der Waals surface area contributed by atoms with Crippen LogP contribution in [0.3, 0.4) is 0 Å². The molecule has 2 aromatic rings. The lowest BCUT2D eigenvalue weighted by molar-refractivity contribution is -0.131. The van der Waals surface area contributed by atoms with E-state index in [-0.39, 0.29) is 18.2 Å². The second-order valence-corrected chi connectivity index (χ2v) is 7.04. The number of nitrogens with two attached hydrogens (primary N) is 1. The second-order valence-electron chi connectivity index (χ2n) is 7.04. The number of ether oxygens (including phenoxy) is 1. The summed E-state index contributed by atoms with van der Waals surface area (Å²) >= 11 is 0. The van der Waals surface area contributed by atoms with Gasteiger partial charge in [-0.3, -0.25) is 14.4 Å². The van der Waals surface area contributed by atoms with Crippen molar-refractivity contribution < 1.29 is 23.5 Å². The molecule has 1 aromatic heterocycles. The molecule has 0 aliphatic heterocycles. The average molecular weight is 403 g/mol. The number of carbonyl (C=O) groups is 3. The number of methoxy groups -OCH3 is 1. The van der Waals surface area contributed by atoms with Crippen molar-refractivity contribution in [3.8, 4) is 5.75 Å². The number of hydrogen-bond acceptors (Lipinski definition) is 6. The fourth-order valence-corrected chi connectivity index (χ4v) is 2.96. The highest BCUT2D eigenvalue weighted by atomic mass is 16.5. The summed E-state index contributed by atoms with van der Waals surface area (Å²) in [4.78, 5) is 47.9. The zero-order valence-electron chi connectivity index (χ0n) is 16.8. The molecule has 0 saturated carbocycles. The summed E-state index contributed by atoms with van der Waals surface area (Å²) in [7, 11) is 1.49. The van der Waals surface area contributed by atoms with Crippen molar-refractivity contribution in [1.29, 1.82) is 0 Å². The minimum atomic E-state index is -1.08. The summed E-state index contributed by atoms with van der Waals surface area (Å²) in [5, 5.41) is 5.72. The molecule has 156 valence electrons. The van der Waals surface area contributed by atoms with Gasteiger partial charge in [0, 0.05) is 30.9 Å². The van der Waals surface area contributed by atoms with Gasteiger partial charge in [-0.1, -0.05) is 13.8 Å². The molecule has 0 bridgehead atoms. The van der Waals surface area contributed by atoms with E-state index >= 15 is 0 Å². The van der Waals surface area contributed by atoms with E-state index in [1.165, 1.54) is 20.1 Å². The normalized spacial score (nSPS) is 13.0. The van der Waals surface area contributed by atoms with E-state index in [4.69, 9.17) is 14.9 Å². The predicted octanol–water partition coefficient (Wildman–Crippen LogP) is 0.475. The Hall–Kier alpha value is -3.36. The van der Waals surface area contributed by atoms with Gasteiger partial charge in [0.25, 0.3) is 0 Å². The summed E-state index contributed by atoms with van der Waals surface area (Å²) in [6.45, 7) is 4.84. The van der Waals surface area contributed by atoms with Gasteiger partial charge in [-0.05, 0) is 23.6 Å². The Morgan fingerprint density at radius 1 is 1.17 bits per heavy atom. The number of hydrogen-bond donors (Lipinski definition) is 3. The SMILES string of the molecule is COc1ccc2c(C[C@H](NC(=O)[C@H](NC(C)=O)C(C)C)C(N)=O)cc(=O)oc2c1. The first kappa shape index (κ1) is 21.9. The van der Waals surface area contributed by atoms with E-state index in [1.54, 1.807) is 32.0 Å². The Bertz CT molecular complexity index is 982. The lowest BCUT2D eigenvalue weighted by Gasteiger charge is -2.24. The van der Waals surface area contributed by atoms with Crippen LogP contribution in [0.5, 0.6) is 5.75 Å². The molecule has 0 unspecified atom stereocenters. The summed E-state index contributed by atoms with van der Waals surface area (Å²) in [6.07, 6.45) is -0.0135. The number of fused-ring (bicyclic) bond motifs is 1. The molecule has 9 nitrogen and oxygen atoms in total. The van der Waals surface area contributed by atoms with Gasteiger partial charge in [0.05, 0.1) is 7.11 Å². The van der Waals surface area contributed by atoms with Crippen molar-refractivity contribution in [3.05, 3.63) is 40.2 Å². The first-order valence-electron chi connectivity index (χ1n) is 9.10. The van der Waals surface area contributed by atoms with Crippen LogP contribution in [0, 0.1) is 5.92 Å². The van der Waals surface area contributed by atoms with Crippen LogP contribution in [0.4, 0.5) is 0 Å². The third-order valence-electron chi connectivity index (χ3n) is 4.43. The first-order valence-corrected chi connectivity index (χ1v) is 9.10. The number of nitrogens with one attached hydrogen (secondary N) is 2. The first-order chi connectivity index (χ1) is 13.6. The quantitative estimate of drug-likeness (QED) is 0.547. The molecular weight excluding hydrogens is 378 g/mol. The van der Waals surface area contributed by atoms with Gasteiger partial charge in [0.1, 0.15) is 23.4 Å². The Labute approximate surface area is 167 Å². The highest BCUT2D eigenvalue weighted by molar-refractivity contribution is 5.92. The Balaban J connectivity index is 2.33. The van der Waals surface area contributed by atoms with Gasteiger partial charge in [0.15, 0.2) is 0 Å². The zero-order valence-corrected chi connectivity index (χ0v) is 16.8. The molecular formula is C20H25N3O6. The highest BCUT2D eigenvalue weighted by Gasteiger charge is 2.28. The lowest BCUT2D eigenvalue weighted by Crippen LogP contribution is -2.55. The zero-order chi connectivity index (χ0) is 21.7. The summed E-state index contributed by atoms with van der Waals surface area (Å²) in [6, 6.07) is 4.30. The third-order valence-corrected chi connectivity index (χ3v) is 4.43. The van der Waals surface area contributed by atoms with Crippen molar-refractivity contribution in [3.63, 3.8) is 0 Å². The maximum atomic E-state index is 12.6. The molecule has 0 aliphatic carbocycles. The topological polar surface area (TPSA) is 141 Å². The molecule has 29 heavy (non-hydrogen) atoms. The molecule has 0 saturated heterocycles.